The summed E-state index contributed by atoms with van der Waals surface area (Å²) in [5.41, 5.74) is 0.747. The first-order valence-corrected chi connectivity index (χ1v) is 9.09. The summed E-state index contributed by atoms with van der Waals surface area (Å²) in [5.74, 6) is -0.342. The number of nitrogens with zero attached hydrogens (tertiary/aromatic N) is 2. The molecule has 2 atom stereocenters. The highest BCUT2D eigenvalue weighted by molar-refractivity contribution is 7.10. The molecular formula is C18H19ClN2O2S. The molecule has 6 heteroatoms. The summed E-state index contributed by atoms with van der Waals surface area (Å²) >= 11 is 7.64. The van der Waals surface area contributed by atoms with Gasteiger partial charge in [-0.1, -0.05) is 23.7 Å². The SMILES string of the molecule is C[C@@H](c1cccs1)N(C)C(=O)[C@H]1CC(=O)N(c2cccc(Cl)c2)C1. The lowest BCUT2D eigenvalue weighted by Crippen LogP contribution is -2.36. The third-order valence-electron chi connectivity index (χ3n) is 4.48. The van der Waals surface area contributed by atoms with Gasteiger partial charge >= 0.3 is 0 Å². The van der Waals surface area contributed by atoms with Crippen molar-refractivity contribution in [3.05, 3.63) is 51.7 Å². The highest BCUT2D eigenvalue weighted by Crippen LogP contribution is 2.30. The van der Waals surface area contributed by atoms with Crippen LogP contribution in [0.4, 0.5) is 5.69 Å². The van der Waals surface area contributed by atoms with E-state index in [0.717, 1.165) is 10.6 Å². The second kappa shape index (κ2) is 6.95. The first-order valence-electron chi connectivity index (χ1n) is 7.83. The second-order valence-electron chi connectivity index (χ2n) is 6.03. The molecule has 0 saturated carbocycles. The van der Waals surface area contributed by atoms with Crippen molar-refractivity contribution in [3.8, 4) is 0 Å². The maximum Gasteiger partial charge on any atom is 0.228 e. The van der Waals surface area contributed by atoms with E-state index in [0.29, 0.717) is 11.6 Å². The maximum absolute atomic E-state index is 12.8. The van der Waals surface area contributed by atoms with Crippen molar-refractivity contribution in [3.63, 3.8) is 0 Å². The fraction of sp³-hybridized carbons (Fsp3) is 0.333. The Balaban J connectivity index is 1.72. The van der Waals surface area contributed by atoms with Crippen molar-refractivity contribution < 1.29 is 9.59 Å². The van der Waals surface area contributed by atoms with Gasteiger partial charge in [0.15, 0.2) is 0 Å². The highest BCUT2D eigenvalue weighted by atomic mass is 35.5. The number of hydrogen-bond acceptors (Lipinski definition) is 3. The Morgan fingerprint density at radius 3 is 2.83 bits per heavy atom. The largest absolute Gasteiger partial charge is 0.338 e. The molecule has 126 valence electrons. The van der Waals surface area contributed by atoms with E-state index >= 15 is 0 Å². The molecule has 2 amide bonds. The summed E-state index contributed by atoms with van der Waals surface area (Å²) in [6.45, 7) is 2.41. The Labute approximate surface area is 150 Å². The highest BCUT2D eigenvalue weighted by Gasteiger charge is 2.37. The molecule has 0 radical (unpaired) electrons. The van der Waals surface area contributed by atoms with E-state index in [-0.39, 0.29) is 30.2 Å². The summed E-state index contributed by atoms with van der Waals surface area (Å²) in [7, 11) is 1.80. The summed E-state index contributed by atoms with van der Waals surface area (Å²) < 4.78 is 0. The van der Waals surface area contributed by atoms with Crippen molar-refractivity contribution in [2.45, 2.75) is 19.4 Å². The molecule has 0 bridgehead atoms. The molecule has 0 spiro atoms. The molecular weight excluding hydrogens is 344 g/mol. The molecule has 1 saturated heterocycles. The molecule has 0 N–H and O–H groups in total. The Hall–Kier alpha value is -1.85. The number of rotatable bonds is 4. The summed E-state index contributed by atoms with van der Waals surface area (Å²) in [6, 6.07) is 11.2. The summed E-state index contributed by atoms with van der Waals surface area (Å²) in [4.78, 5) is 29.7. The number of carbonyl (C=O) groups is 2. The van der Waals surface area contributed by atoms with Gasteiger partial charge in [0, 0.05) is 35.6 Å². The first kappa shape index (κ1) is 17.0. The Kier molecular flexibility index (Phi) is 4.92. The average molecular weight is 363 g/mol. The van der Waals surface area contributed by atoms with Crippen LogP contribution >= 0.6 is 22.9 Å². The molecule has 2 heterocycles. The number of carbonyl (C=O) groups excluding carboxylic acids is 2. The van der Waals surface area contributed by atoms with Crippen molar-refractivity contribution in [2.24, 2.45) is 5.92 Å². The van der Waals surface area contributed by atoms with E-state index in [1.54, 1.807) is 40.3 Å². The van der Waals surface area contributed by atoms with Crippen molar-refractivity contribution in [2.75, 3.05) is 18.5 Å². The van der Waals surface area contributed by atoms with Gasteiger partial charge < -0.3 is 9.80 Å². The van der Waals surface area contributed by atoms with Gasteiger partial charge in [-0.25, -0.2) is 0 Å². The zero-order valence-electron chi connectivity index (χ0n) is 13.6. The van der Waals surface area contributed by atoms with Crippen LogP contribution in [0, 0.1) is 5.92 Å². The van der Waals surface area contributed by atoms with Gasteiger partial charge in [-0.05, 0) is 36.6 Å². The number of halogens is 1. The average Bonchev–Trinajstić information content (AvgIpc) is 3.22. The Morgan fingerprint density at radius 1 is 1.38 bits per heavy atom. The zero-order valence-corrected chi connectivity index (χ0v) is 15.2. The van der Waals surface area contributed by atoms with Gasteiger partial charge in [-0.3, -0.25) is 9.59 Å². The van der Waals surface area contributed by atoms with Gasteiger partial charge in [0.2, 0.25) is 11.8 Å². The van der Waals surface area contributed by atoms with E-state index in [1.807, 2.05) is 36.6 Å². The van der Waals surface area contributed by atoms with Crippen LogP contribution in [0.5, 0.6) is 0 Å². The Morgan fingerprint density at radius 2 is 2.17 bits per heavy atom. The topological polar surface area (TPSA) is 40.6 Å². The van der Waals surface area contributed by atoms with Crippen LogP contribution in [0.2, 0.25) is 5.02 Å². The number of hydrogen-bond donors (Lipinski definition) is 0. The van der Waals surface area contributed by atoms with E-state index in [2.05, 4.69) is 0 Å². The van der Waals surface area contributed by atoms with Crippen LogP contribution in [-0.2, 0) is 9.59 Å². The monoisotopic (exact) mass is 362 g/mol. The van der Waals surface area contributed by atoms with Crippen molar-refractivity contribution >= 4 is 40.4 Å². The maximum atomic E-state index is 12.8. The molecule has 1 aliphatic heterocycles. The third-order valence-corrected chi connectivity index (χ3v) is 5.76. The number of anilines is 1. The lowest BCUT2D eigenvalue weighted by Gasteiger charge is -2.27. The van der Waals surface area contributed by atoms with Gasteiger partial charge in [-0.15, -0.1) is 11.3 Å². The molecule has 0 aliphatic carbocycles. The predicted molar refractivity (Wildman–Crippen MR) is 97.4 cm³/mol. The fourth-order valence-electron chi connectivity index (χ4n) is 2.97. The lowest BCUT2D eigenvalue weighted by atomic mass is 10.1. The standard InChI is InChI=1S/C18H19ClN2O2S/c1-12(16-7-4-8-24-16)20(2)18(23)13-9-17(22)21(11-13)15-6-3-5-14(19)10-15/h3-8,10,12-13H,9,11H2,1-2H3/t12-,13-/m0/s1. The van der Waals surface area contributed by atoms with Crippen molar-refractivity contribution in [1.29, 1.82) is 0 Å². The van der Waals surface area contributed by atoms with Crippen LogP contribution in [0.3, 0.4) is 0 Å². The minimum Gasteiger partial charge on any atom is -0.338 e. The van der Waals surface area contributed by atoms with Gasteiger partial charge in [0.1, 0.15) is 0 Å². The fourth-order valence-corrected chi connectivity index (χ4v) is 3.98. The molecule has 0 unspecified atom stereocenters. The quantitative estimate of drug-likeness (QED) is 0.825. The number of thiophene rings is 1. The zero-order chi connectivity index (χ0) is 17.3. The van der Waals surface area contributed by atoms with Crippen LogP contribution < -0.4 is 4.90 Å². The molecule has 1 aromatic heterocycles. The molecule has 24 heavy (non-hydrogen) atoms. The van der Waals surface area contributed by atoms with Crippen LogP contribution in [0.15, 0.2) is 41.8 Å². The lowest BCUT2D eigenvalue weighted by molar-refractivity contribution is -0.136. The van der Waals surface area contributed by atoms with Crippen molar-refractivity contribution in [1.82, 2.24) is 4.90 Å². The summed E-state index contributed by atoms with van der Waals surface area (Å²) in [5, 5.41) is 2.59. The Bertz CT molecular complexity index is 747. The van der Waals surface area contributed by atoms with Gasteiger partial charge in [-0.2, -0.15) is 0 Å². The van der Waals surface area contributed by atoms with Gasteiger partial charge in [0.25, 0.3) is 0 Å². The molecule has 1 aliphatic rings. The van der Waals surface area contributed by atoms with Crippen LogP contribution in [-0.4, -0.2) is 30.3 Å². The molecule has 1 aromatic carbocycles. The molecule has 1 fully saturated rings. The van der Waals surface area contributed by atoms with E-state index in [4.69, 9.17) is 11.6 Å². The van der Waals surface area contributed by atoms with E-state index < -0.39 is 0 Å². The smallest absolute Gasteiger partial charge is 0.228 e. The molecule has 3 rings (SSSR count). The van der Waals surface area contributed by atoms with Crippen LogP contribution in [0.25, 0.3) is 0 Å². The van der Waals surface area contributed by atoms with Gasteiger partial charge in [0.05, 0.1) is 12.0 Å². The van der Waals surface area contributed by atoms with E-state index in [1.165, 1.54) is 0 Å². The third kappa shape index (κ3) is 3.32. The molecule has 4 nitrogen and oxygen atoms in total. The van der Waals surface area contributed by atoms with Crippen LogP contribution in [0.1, 0.15) is 24.3 Å². The minimum absolute atomic E-state index is 0.00724. The molecule has 2 aromatic rings. The summed E-state index contributed by atoms with van der Waals surface area (Å²) in [6.07, 6.45) is 0.243. The first-order chi connectivity index (χ1) is 11.5. The minimum atomic E-state index is -0.316. The number of benzene rings is 1. The van der Waals surface area contributed by atoms with E-state index in [9.17, 15) is 9.59 Å². The normalized spacial score (nSPS) is 18.7. The second-order valence-corrected chi connectivity index (χ2v) is 7.44. The number of amides is 2. The predicted octanol–water partition coefficient (Wildman–Crippen LogP) is 3.97.